The Labute approximate surface area is 166 Å². The van der Waals surface area contributed by atoms with Gasteiger partial charge in [0.25, 0.3) is 5.91 Å². The molecule has 2 rings (SSSR count). The fourth-order valence-electron chi connectivity index (χ4n) is 2.31. The zero-order valence-electron chi connectivity index (χ0n) is 14.2. The van der Waals surface area contributed by atoms with Gasteiger partial charge in [-0.05, 0) is 42.2 Å². The molecule has 1 heterocycles. The van der Waals surface area contributed by atoms with E-state index in [1.165, 1.54) is 16.7 Å². The van der Waals surface area contributed by atoms with Gasteiger partial charge in [0.2, 0.25) is 0 Å². The first kappa shape index (κ1) is 20.5. The van der Waals surface area contributed by atoms with Crippen LogP contribution in [0, 0.1) is 0 Å². The van der Waals surface area contributed by atoms with Crippen molar-refractivity contribution >= 4 is 58.0 Å². The lowest BCUT2D eigenvalue weighted by Crippen LogP contribution is -2.44. The lowest BCUT2D eigenvalue weighted by molar-refractivity contribution is -0.145. The van der Waals surface area contributed by atoms with Crippen LogP contribution in [0.15, 0.2) is 41.8 Å². The first-order valence-electron chi connectivity index (χ1n) is 7.80. The largest absolute Gasteiger partial charge is 0.490 e. The van der Waals surface area contributed by atoms with E-state index in [0.29, 0.717) is 29.4 Å². The van der Waals surface area contributed by atoms with E-state index in [1.54, 1.807) is 24.3 Å². The van der Waals surface area contributed by atoms with Gasteiger partial charge in [0.1, 0.15) is 22.7 Å². The number of aliphatic carboxylic acids is 1. The second-order valence-electron chi connectivity index (χ2n) is 5.36. The van der Waals surface area contributed by atoms with Crippen LogP contribution in [0.2, 0.25) is 0 Å². The highest BCUT2D eigenvalue weighted by Gasteiger charge is 2.40. The molecule has 0 saturated carbocycles. The van der Waals surface area contributed by atoms with Crippen molar-refractivity contribution in [2.24, 2.45) is 0 Å². The lowest BCUT2D eigenvalue weighted by Gasteiger charge is -2.22. The predicted octanol–water partition coefficient (Wildman–Crippen LogP) is 3.66. The summed E-state index contributed by atoms with van der Waals surface area (Å²) in [5, 5.41) is 9.46. The smallest absolute Gasteiger partial charge is 0.326 e. The van der Waals surface area contributed by atoms with Crippen molar-refractivity contribution in [3.8, 4) is 5.75 Å². The molecular formula is C18H19NO4S3. The molecule has 1 saturated heterocycles. The summed E-state index contributed by atoms with van der Waals surface area (Å²) in [7, 11) is 0. The van der Waals surface area contributed by atoms with Gasteiger partial charge < -0.3 is 9.84 Å². The summed E-state index contributed by atoms with van der Waals surface area (Å²) in [5.74, 6) is -0.0578. The molecule has 1 aliphatic rings. The van der Waals surface area contributed by atoms with Crippen LogP contribution in [0.4, 0.5) is 0 Å². The van der Waals surface area contributed by atoms with Crippen LogP contribution < -0.4 is 4.74 Å². The van der Waals surface area contributed by atoms with E-state index in [9.17, 15) is 14.7 Å². The van der Waals surface area contributed by atoms with Crippen molar-refractivity contribution in [1.82, 2.24) is 4.90 Å². The fourth-order valence-corrected chi connectivity index (χ4v) is 4.12. The third-order valence-electron chi connectivity index (χ3n) is 3.56. The summed E-state index contributed by atoms with van der Waals surface area (Å²) >= 11 is 7.92. The minimum Gasteiger partial charge on any atom is -0.490 e. The maximum Gasteiger partial charge on any atom is 0.326 e. The number of rotatable bonds is 9. The van der Waals surface area contributed by atoms with E-state index >= 15 is 0 Å². The minimum absolute atomic E-state index is 0.278. The van der Waals surface area contributed by atoms with E-state index in [4.69, 9.17) is 17.0 Å². The highest BCUT2D eigenvalue weighted by Crippen LogP contribution is 2.35. The molecule has 0 unspecified atom stereocenters. The monoisotopic (exact) mass is 409 g/mol. The van der Waals surface area contributed by atoms with E-state index in [-0.39, 0.29) is 10.2 Å². The number of hydrogen-bond acceptors (Lipinski definition) is 6. The molecule has 1 atom stereocenters. The number of carbonyl (C=O) groups excluding carboxylic acids is 1. The van der Waals surface area contributed by atoms with Crippen molar-refractivity contribution in [3.05, 3.63) is 47.4 Å². The molecule has 0 spiro atoms. The number of ether oxygens (including phenoxy) is 1. The molecule has 0 radical (unpaired) electrons. The third-order valence-corrected chi connectivity index (χ3v) is 5.54. The summed E-state index contributed by atoms with van der Waals surface area (Å²) in [4.78, 5) is 25.9. The Morgan fingerprint density at radius 3 is 2.73 bits per heavy atom. The SMILES string of the molecule is C=CCOc1ccc(/C=C2\SC(=S)N([C@H](CCSC)C(=O)O)C2=O)cc1. The number of amides is 1. The Kier molecular flexibility index (Phi) is 7.74. The fraction of sp³-hybridized carbons (Fsp3) is 0.278. The molecule has 1 amide bonds. The van der Waals surface area contributed by atoms with Gasteiger partial charge in [0.15, 0.2) is 0 Å². The highest BCUT2D eigenvalue weighted by molar-refractivity contribution is 8.26. The molecule has 0 bridgehead atoms. The maximum absolute atomic E-state index is 12.7. The zero-order chi connectivity index (χ0) is 19.1. The molecule has 26 heavy (non-hydrogen) atoms. The van der Waals surface area contributed by atoms with Gasteiger partial charge in [-0.2, -0.15) is 11.8 Å². The number of carboxylic acids is 1. The van der Waals surface area contributed by atoms with E-state index < -0.39 is 12.0 Å². The second kappa shape index (κ2) is 9.80. The van der Waals surface area contributed by atoms with E-state index in [1.807, 2.05) is 18.4 Å². The molecule has 1 aliphatic heterocycles. The number of thiocarbonyl (C=S) groups is 1. The van der Waals surface area contributed by atoms with Crippen LogP contribution in [-0.4, -0.2) is 50.9 Å². The van der Waals surface area contributed by atoms with Crippen molar-refractivity contribution in [2.75, 3.05) is 18.6 Å². The highest BCUT2D eigenvalue weighted by atomic mass is 32.2. The lowest BCUT2D eigenvalue weighted by atomic mass is 10.1. The van der Waals surface area contributed by atoms with Crippen molar-refractivity contribution in [2.45, 2.75) is 12.5 Å². The first-order chi connectivity index (χ1) is 12.5. The van der Waals surface area contributed by atoms with Crippen molar-refractivity contribution in [3.63, 3.8) is 0 Å². The van der Waals surface area contributed by atoms with Gasteiger partial charge in [0.05, 0.1) is 4.91 Å². The number of benzene rings is 1. The van der Waals surface area contributed by atoms with Crippen molar-refractivity contribution < 1.29 is 19.4 Å². The van der Waals surface area contributed by atoms with Gasteiger partial charge in [-0.3, -0.25) is 9.69 Å². The van der Waals surface area contributed by atoms with Crippen LogP contribution in [-0.2, 0) is 9.59 Å². The number of nitrogens with zero attached hydrogens (tertiary/aromatic N) is 1. The number of carboxylic acid groups (broad SMARTS) is 1. The molecule has 1 aromatic rings. The Hall–Kier alpha value is -1.77. The normalized spacial score (nSPS) is 16.8. The standard InChI is InChI=1S/C18H19NO4S3/c1-3-9-23-13-6-4-12(5-7-13)11-15-16(20)19(18(24)26-15)14(17(21)22)8-10-25-2/h3-7,11,14H,1,8-10H2,2H3,(H,21,22)/b15-11-/t14-/m1/s1. The van der Waals surface area contributed by atoms with Crippen LogP contribution in [0.5, 0.6) is 5.75 Å². The number of thioether (sulfide) groups is 2. The summed E-state index contributed by atoms with van der Waals surface area (Å²) in [6, 6.07) is 6.32. The van der Waals surface area contributed by atoms with Crippen LogP contribution in [0.1, 0.15) is 12.0 Å². The van der Waals surface area contributed by atoms with Gasteiger partial charge in [-0.25, -0.2) is 4.79 Å². The molecule has 138 valence electrons. The van der Waals surface area contributed by atoms with Crippen LogP contribution in [0.3, 0.4) is 0 Å². The quantitative estimate of drug-likeness (QED) is 0.379. The summed E-state index contributed by atoms with van der Waals surface area (Å²) < 4.78 is 5.70. The molecule has 0 aromatic heterocycles. The molecule has 0 aliphatic carbocycles. The molecule has 1 aromatic carbocycles. The summed E-state index contributed by atoms with van der Waals surface area (Å²) in [6.45, 7) is 4.02. The van der Waals surface area contributed by atoms with Gasteiger partial charge in [-0.15, -0.1) is 0 Å². The molecule has 8 heteroatoms. The topological polar surface area (TPSA) is 66.8 Å². The molecular weight excluding hydrogens is 390 g/mol. The second-order valence-corrected chi connectivity index (χ2v) is 8.02. The van der Waals surface area contributed by atoms with E-state index in [0.717, 1.165) is 17.3 Å². The third kappa shape index (κ3) is 5.12. The Morgan fingerprint density at radius 2 is 2.15 bits per heavy atom. The molecule has 5 nitrogen and oxygen atoms in total. The zero-order valence-corrected chi connectivity index (χ0v) is 16.7. The average Bonchev–Trinajstić information content (AvgIpc) is 2.89. The van der Waals surface area contributed by atoms with Crippen molar-refractivity contribution in [1.29, 1.82) is 0 Å². The average molecular weight is 410 g/mol. The minimum atomic E-state index is -1.04. The van der Waals surface area contributed by atoms with Gasteiger partial charge in [-0.1, -0.05) is 48.8 Å². The van der Waals surface area contributed by atoms with E-state index in [2.05, 4.69) is 6.58 Å². The molecule has 1 fully saturated rings. The Morgan fingerprint density at radius 1 is 1.46 bits per heavy atom. The van der Waals surface area contributed by atoms with Crippen LogP contribution in [0.25, 0.3) is 6.08 Å². The Balaban J connectivity index is 2.17. The van der Waals surface area contributed by atoms with Crippen LogP contribution >= 0.6 is 35.7 Å². The summed E-state index contributed by atoms with van der Waals surface area (Å²) in [5.41, 5.74) is 0.812. The first-order valence-corrected chi connectivity index (χ1v) is 10.4. The molecule has 1 N–H and O–H groups in total. The van der Waals surface area contributed by atoms with Gasteiger partial charge in [0, 0.05) is 0 Å². The number of hydrogen-bond donors (Lipinski definition) is 1. The summed E-state index contributed by atoms with van der Waals surface area (Å²) in [6.07, 6.45) is 5.62. The predicted molar refractivity (Wildman–Crippen MR) is 112 cm³/mol. The number of carbonyl (C=O) groups is 2. The Bertz CT molecular complexity index is 730. The maximum atomic E-state index is 12.7. The van der Waals surface area contributed by atoms with Gasteiger partial charge >= 0.3 is 5.97 Å².